The van der Waals surface area contributed by atoms with Crippen LogP contribution in [-0.2, 0) is 6.42 Å². The van der Waals surface area contributed by atoms with Crippen LogP contribution in [0.4, 0.5) is 5.69 Å². The fraction of sp³-hybridized carbons (Fsp3) is 0.571. The molecule has 0 amide bonds. The zero-order chi connectivity index (χ0) is 11.0. The monoisotopic (exact) mass is 216 g/mol. The van der Waals surface area contributed by atoms with Crippen molar-refractivity contribution >= 4 is 5.69 Å². The SMILES string of the molecule is CN1CCN2c3ccccc3CCCC2C1. The predicted octanol–water partition coefficient (Wildman–Crippen LogP) is 2.14. The Morgan fingerprint density at radius 1 is 1.19 bits per heavy atom. The molecule has 16 heavy (non-hydrogen) atoms. The van der Waals surface area contributed by atoms with Crippen molar-refractivity contribution in [1.82, 2.24) is 4.90 Å². The van der Waals surface area contributed by atoms with E-state index < -0.39 is 0 Å². The highest BCUT2D eigenvalue weighted by atomic mass is 15.3. The van der Waals surface area contributed by atoms with Gasteiger partial charge in [0, 0.05) is 31.4 Å². The molecule has 2 heteroatoms. The lowest BCUT2D eigenvalue weighted by Crippen LogP contribution is -2.51. The Morgan fingerprint density at radius 2 is 2.06 bits per heavy atom. The van der Waals surface area contributed by atoms with E-state index in [0.29, 0.717) is 0 Å². The minimum absolute atomic E-state index is 0.738. The van der Waals surface area contributed by atoms with Crippen molar-refractivity contribution in [2.75, 3.05) is 31.6 Å². The number of nitrogens with zero attached hydrogens (tertiary/aromatic N) is 2. The molecule has 1 fully saturated rings. The molecule has 0 saturated carbocycles. The van der Waals surface area contributed by atoms with Gasteiger partial charge in [-0.05, 0) is 37.9 Å². The maximum absolute atomic E-state index is 2.64. The van der Waals surface area contributed by atoms with Gasteiger partial charge in [0.05, 0.1) is 0 Å². The molecular weight excluding hydrogens is 196 g/mol. The van der Waals surface area contributed by atoms with E-state index in [4.69, 9.17) is 0 Å². The van der Waals surface area contributed by atoms with Crippen LogP contribution in [0.2, 0.25) is 0 Å². The number of hydrogen-bond donors (Lipinski definition) is 0. The van der Waals surface area contributed by atoms with E-state index in [2.05, 4.69) is 41.1 Å². The van der Waals surface area contributed by atoms with Gasteiger partial charge in [0.15, 0.2) is 0 Å². The van der Waals surface area contributed by atoms with Gasteiger partial charge in [0.25, 0.3) is 0 Å². The highest BCUT2D eigenvalue weighted by Crippen LogP contribution is 2.30. The number of hydrogen-bond acceptors (Lipinski definition) is 2. The lowest BCUT2D eigenvalue weighted by atomic mass is 10.1. The zero-order valence-electron chi connectivity index (χ0n) is 10.0. The van der Waals surface area contributed by atoms with Gasteiger partial charge in [-0.2, -0.15) is 0 Å². The second-order valence-corrected chi connectivity index (χ2v) is 5.13. The second kappa shape index (κ2) is 4.10. The largest absolute Gasteiger partial charge is 0.366 e. The Bertz CT molecular complexity index is 375. The van der Waals surface area contributed by atoms with Gasteiger partial charge in [0.1, 0.15) is 0 Å². The first kappa shape index (κ1) is 10.2. The number of benzene rings is 1. The second-order valence-electron chi connectivity index (χ2n) is 5.13. The molecule has 0 radical (unpaired) electrons. The van der Waals surface area contributed by atoms with Crippen LogP contribution in [0.25, 0.3) is 0 Å². The van der Waals surface area contributed by atoms with E-state index in [1.165, 1.54) is 44.6 Å². The van der Waals surface area contributed by atoms with Crippen LogP contribution in [0.3, 0.4) is 0 Å². The summed E-state index contributed by atoms with van der Waals surface area (Å²) in [4.78, 5) is 5.11. The molecule has 0 aromatic heterocycles. The third-order valence-corrected chi connectivity index (χ3v) is 3.97. The summed E-state index contributed by atoms with van der Waals surface area (Å²) in [6.07, 6.45) is 3.94. The van der Waals surface area contributed by atoms with Crippen molar-refractivity contribution in [3.8, 4) is 0 Å². The molecular formula is C14H20N2. The van der Waals surface area contributed by atoms with Crippen LogP contribution in [0, 0.1) is 0 Å². The van der Waals surface area contributed by atoms with Gasteiger partial charge < -0.3 is 9.80 Å². The third-order valence-electron chi connectivity index (χ3n) is 3.97. The lowest BCUT2D eigenvalue weighted by Gasteiger charge is -2.41. The predicted molar refractivity (Wildman–Crippen MR) is 68.0 cm³/mol. The quantitative estimate of drug-likeness (QED) is 0.655. The topological polar surface area (TPSA) is 6.48 Å². The molecule has 0 spiro atoms. The number of para-hydroxylation sites is 1. The Balaban J connectivity index is 1.95. The summed E-state index contributed by atoms with van der Waals surface area (Å²) >= 11 is 0. The first-order valence-corrected chi connectivity index (χ1v) is 6.38. The van der Waals surface area contributed by atoms with Gasteiger partial charge in [-0.15, -0.1) is 0 Å². The fourth-order valence-electron chi connectivity index (χ4n) is 3.11. The van der Waals surface area contributed by atoms with Gasteiger partial charge in [-0.3, -0.25) is 0 Å². The molecule has 3 rings (SSSR count). The molecule has 0 bridgehead atoms. The first-order valence-electron chi connectivity index (χ1n) is 6.38. The van der Waals surface area contributed by atoms with Crippen LogP contribution in [0.15, 0.2) is 24.3 Å². The van der Waals surface area contributed by atoms with Crippen LogP contribution >= 0.6 is 0 Å². The average Bonchev–Trinajstić information content (AvgIpc) is 2.47. The summed E-state index contributed by atoms with van der Waals surface area (Å²) in [7, 11) is 2.24. The molecule has 1 aromatic carbocycles. The van der Waals surface area contributed by atoms with E-state index in [-0.39, 0.29) is 0 Å². The number of piperazine rings is 1. The number of aryl methyl sites for hydroxylation is 1. The van der Waals surface area contributed by atoms with Gasteiger partial charge in [-0.1, -0.05) is 18.2 Å². The highest BCUT2D eigenvalue weighted by molar-refractivity contribution is 5.55. The molecule has 1 unspecified atom stereocenters. The minimum atomic E-state index is 0.738. The van der Waals surface area contributed by atoms with Crippen LogP contribution in [0.5, 0.6) is 0 Å². The molecule has 0 N–H and O–H groups in total. The van der Waals surface area contributed by atoms with E-state index in [9.17, 15) is 0 Å². The van der Waals surface area contributed by atoms with Crippen LogP contribution < -0.4 is 4.90 Å². The highest BCUT2D eigenvalue weighted by Gasteiger charge is 2.28. The summed E-state index contributed by atoms with van der Waals surface area (Å²) in [5.74, 6) is 0. The van der Waals surface area contributed by atoms with E-state index in [1.54, 1.807) is 5.56 Å². The van der Waals surface area contributed by atoms with Crippen molar-refractivity contribution in [2.45, 2.75) is 25.3 Å². The molecule has 1 saturated heterocycles. The van der Waals surface area contributed by atoms with E-state index in [1.807, 2.05) is 0 Å². The Kier molecular flexibility index (Phi) is 2.60. The summed E-state index contributed by atoms with van der Waals surface area (Å²) in [5.41, 5.74) is 3.05. The average molecular weight is 216 g/mol. The van der Waals surface area contributed by atoms with Crippen molar-refractivity contribution in [2.24, 2.45) is 0 Å². The summed E-state index contributed by atoms with van der Waals surface area (Å²) in [6, 6.07) is 9.70. The van der Waals surface area contributed by atoms with E-state index >= 15 is 0 Å². The number of rotatable bonds is 0. The van der Waals surface area contributed by atoms with Crippen molar-refractivity contribution in [1.29, 1.82) is 0 Å². The normalized spacial score (nSPS) is 25.8. The number of likely N-dealkylation sites (N-methyl/N-ethyl adjacent to an activating group) is 1. The van der Waals surface area contributed by atoms with Crippen LogP contribution in [0.1, 0.15) is 18.4 Å². The molecule has 2 aliphatic rings. The molecule has 86 valence electrons. The molecule has 1 atom stereocenters. The number of fused-ring (bicyclic) bond motifs is 3. The molecule has 0 aliphatic carbocycles. The Hall–Kier alpha value is -1.02. The molecule has 2 nitrogen and oxygen atoms in total. The maximum atomic E-state index is 2.64. The van der Waals surface area contributed by atoms with Gasteiger partial charge >= 0.3 is 0 Å². The third kappa shape index (κ3) is 1.71. The van der Waals surface area contributed by atoms with Crippen molar-refractivity contribution in [3.05, 3.63) is 29.8 Å². The first-order chi connectivity index (χ1) is 7.84. The number of anilines is 1. The minimum Gasteiger partial charge on any atom is -0.366 e. The Morgan fingerprint density at radius 3 is 3.00 bits per heavy atom. The lowest BCUT2D eigenvalue weighted by molar-refractivity contribution is 0.261. The maximum Gasteiger partial charge on any atom is 0.0417 e. The molecule has 2 aliphatic heterocycles. The fourth-order valence-corrected chi connectivity index (χ4v) is 3.11. The zero-order valence-corrected chi connectivity index (χ0v) is 10.0. The van der Waals surface area contributed by atoms with E-state index in [0.717, 1.165) is 6.04 Å². The van der Waals surface area contributed by atoms with Gasteiger partial charge in [-0.25, -0.2) is 0 Å². The summed E-state index contributed by atoms with van der Waals surface area (Å²) in [5, 5.41) is 0. The van der Waals surface area contributed by atoms with Crippen LogP contribution in [-0.4, -0.2) is 37.6 Å². The summed E-state index contributed by atoms with van der Waals surface area (Å²) < 4.78 is 0. The molecule has 2 heterocycles. The van der Waals surface area contributed by atoms with Crippen molar-refractivity contribution < 1.29 is 0 Å². The molecule has 1 aromatic rings. The standard InChI is InChI=1S/C14H20N2/c1-15-9-10-16-13(11-15)7-4-6-12-5-2-3-8-14(12)16/h2-3,5,8,13H,4,6-7,9-11H2,1H3. The van der Waals surface area contributed by atoms with Gasteiger partial charge in [0.2, 0.25) is 0 Å². The van der Waals surface area contributed by atoms with Crippen molar-refractivity contribution in [3.63, 3.8) is 0 Å². The Labute approximate surface area is 97.9 Å². The summed E-state index contributed by atoms with van der Waals surface area (Å²) in [6.45, 7) is 3.62. The smallest absolute Gasteiger partial charge is 0.0417 e.